The van der Waals surface area contributed by atoms with Gasteiger partial charge in [-0.3, -0.25) is 4.79 Å². The standard InChI is InChI=1S/C14H16N2OS/c1-11-4-2-5-12(8-11)13(15-10-18)9-16-7-3-6-14(16)17/h2,4-5,8,13H,3,6-7,9H2,1H3. The Morgan fingerprint density at radius 1 is 1.56 bits per heavy atom. The lowest BCUT2D eigenvalue weighted by Crippen LogP contribution is -2.29. The molecule has 1 saturated heterocycles. The minimum absolute atomic E-state index is 0.0931. The first-order valence-corrected chi connectivity index (χ1v) is 6.53. The molecule has 18 heavy (non-hydrogen) atoms. The van der Waals surface area contributed by atoms with Gasteiger partial charge < -0.3 is 4.90 Å². The predicted octanol–water partition coefficient (Wildman–Crippen LogP) is 2.76. The lowest BCUT2D eigenvalue weighted by atomic mass is 10.0. The highest BCUT2D eigenvalue weighted by molar-refractivity contribution is 7.78. The molecular weight excluding hydrogens is 244 g/mol. The quantitative estimate of drug-likeness (QED) is 0.616. The number of hydrogen-bond acceptors (Lipinski definition) is 3. The van der Waals surface area contributed by atoms with Gasteiger partial charge in [-0.25, -0.2) is 4.99 Å². The summed E-state index contributed by atoms with van der Waals surface area (Å²) in [5.74, 6) is 0.215. The van der Waals surface area contributed by atoms with Gasteiger partial charge in [-0.2, -0.15) is 0 Å². The summed E-state index contributed by atoms with van der Waals surface area (Å²) < 4.78 is 0. The molecule has 1 unspecified atom stereocenters. The third-order valence-electron chi connectivity index (χ3n) is 3.20. The Balaban J connectivity index is 2.18. The Morgan fingerprint density at radius 3 is 3.00 bits per heavy atom. The first-order chi connectivity index (χ1) is 8.70. The van der Waals surface area contributed by atoms with Crippen LogP contribution in [-0.2, 0) is 4.79 Å². The fourth-order valence-corrected chi connectivity index (χ4v) is 2.39. The zero-order valence-corrected chi connectivity index (χ0v) is 11.2. The van der Waals surface area contributed by atoms with Crippen molar-refractivity contribution in [3.63, 3.8) is 0 Å². The van der Waals surface area contributed by atoms with Crippen LogP contribution < -0.4 is 0 Å². The Morgan fingerprint density at radius 2 is 2.39 bits per heavy atom. The van der Waals surface area contributed by atoms with Crippen LogP contribution in [0.3, 0.4) is 0 Å². The first-order valence-electron chi connectivity index (χ1n) is 6.12. The molecule has 1 amide bonds. The van der Waals surface area contributed by atoms with Gasteiger partial charge in [-0.15, -0.1) is 0 Å². The molecular formula is C14H16N2OS. The zero-order chi connectivity index (χ0) is 13.0. The molecule has 1 aromatic rings. The number of amides is 1. The van der Waals surface area contributed by atoms with E-state index in [9.17, 15) is 4.79 Å². The molecule has 1 aliphatic heterocycles. The first kappa shape index (κ1) is 12.9. The maximum absolute atomic E-state index is 11.7. The van der Waals surface area contributed by atoms with Gasteiger partial charge in [0.1, 0.15) is 6.04 Å². The van der Waals surface area contributed by atoms with E-state index in [1.54, 1.807) is 0 Å². The molecule has 0 spiro atoms. The van der Waals surface area contributed by atoms with Gasteiger partial charge in [0.25, 0.3) is 0 Å². The van der Waals surface area contributed by atoms with Gasteiger partial charge in [-0.05, 0) is 31.1 Å². The van der Waals surface area contributed by atoms with Gasteiger partial charge in [0.2, 0.25) is 5.91 Å². The van der Waals surface area contributed by atoms with Gasteiger partial charge >= 0.3 is 0 Å². The normalized spacial score (nSPS) is 16.5. The third kappa shape index (κ3) is 3.03. The number of likely N-dealkylation sites (tertiary alicyclic amines) is 1. The topological polar surface area (TPSA) is 32.7 Å². The highest BCUT2D eigenvalue weighted by Crippen LogP contribution is 2.22. The van der Waals surface area contributed by atoms with Gasteiger partial charge in [0.05, 0.1) is 5.16 Å². The predicted molar refractivity (Wildman–Crippen MR) is 74.8 cm³/mol. The summed E-state index contributed by atoms with van der Waals surface area (Å²) in [5, 5.41) is 2.44. The zero-order valence-electron chi connectivity index (χ0n) is 10.4. The van der Waals surface area contributed by atoms with Crippen LogP contribution in [0.5, 0.6) is 0 Å². The molecule has 2 rings (SSSR count). The van der Waals surface area contributed by atoms with E-state index in [0.717, 1.165) is 18.5 Å². The number of carbonyl (C=O) groups is 1. The highest BCUT2D eigenvalue weighted by Gasteiger charge is 2.23. The van der Waals surface area contributed by atoms with Crippen molar-refractivity contribution in [2.75, 3.05) is 13.1 Å². The number of thiocarbonyl (C=S) groups is 1. The van der Waals surface area contributed by atoms with Crippen molar-refractivity contribution in [2.45, 2.75) is 25.8 Å². The van der Waals surface area contributed by atoms with E-state index in [2.05, 4.69) is 16.2 Å². The Kier molecular flexibility index (Phi) is 4.24. The molecule has 0 aliphatic carbocycles. The summed E-state index contributed by atoms with van der Waals surface area (Å²) in [4.78, 5) is 17.7. The number of hydrogen-bond donors (Lipinski definition) is 0. The molecule has 0 saturated carbocycles. The van der Waals surface area contributed by atoms with Crippen LogP contribution in [-0.4, -0.2) is 29.1 Å². The van der Waals surface area contributed by atoms with E-state index in [-0.39, 0.29) is 11.9 Å². The second-order valence-electron chi connectivity index (χ2n) is 4.59. The van der Waals surface area contributed by atoms with Gasteiger partial charge in [0.15, 0.2) is 0 Å². The number of aryl methyl sites for hydroxylation is 1. The molecule has 1 aromatic carbocycles. The molecule has 3 nitrogen and oxygen atoms in total. The van der Waals surface area contributed by atoms with Crippen molar-refractivity contribution in [3.05, 3.63) is 35.4 Å². The lowest BCUT2D eigenvalue weighted by molar-refractivity contribution is -0.127. The third-order valence-corrected chi connectivity index (χ3v) is 3.31. The van der Waals surface area contributed by atoms with Crippen LogP contribution in [0.1, 0.15) is 30.0 Å². The van der Waals surface area contributed by atoms with Gasteiger partial charge in [-0.1, -0.05) is 29.8 Å². The average Bonchev–Trinajstić information content (AvgIpc) is 2.74. The number of carbonyl (C=O) groups excluding carboxylic acids is 1. The molecule has 1 atom stereocenters. The number of benzene rings is 1. The summed E-state index contributed by atoms with van der Waals surface area (Å²) >= 11 is 4.71. The second kappa shape index (κ2) is 5.89. The number of rotatable bonds is 4. The fraction of sp³-hybridized carbons (Fsp3) is 0.429. The van der Waals surface area contributed by atoms with Crippen LogP contribution in [0.4, 0.5) is 0 Å². The van der Waals surface area contributed by atoms with E-state index in [1.807, 2.05) is 30.0 Å². The maximum atomic E-state index is 11.7. The van der Waals surface area contributed by atoms with E-state index in [4.69, 9.17) is 12.2 Å². The molecule has 1 fully saturated rings. The number of aliphatic imine (C=N–C) groups is 1. The van der Waals surface area contributed by atoms with Crippen molar-refractivity contribution >= 4 is 23.3 Å². The van der Waals surface area contributed by atoms with Crippen molar-refractivity contribution in [1.29, 1.82) is 0 Å². The lowest BCUT2D eigenvalue weighted by Gasteiger charge is -2.20. The largest absolute Gasteiger partial charge is 0.340 e. The van der Waals surface area contributed by atoms with E-state index < -0.39 is 0 Å². The van der Waals surface area contributed by atoms with Crippen molar-refractivity contribution in [3.8, 4) is 0 Å². The van der Waals surface area contributed by atoms with Crippen LogP contribution in [0.2, 0.25) is 0 Å². The molecule has 1 aliphatic rings. The summed E-state index contributed by atoms with van der Waals surface area (Å²) in [6.45, 7) is 3.47. The average molecular weight is 260 g/mol. The van der Waals surface area contributed by atoms with E-state index >= 15 is 0 Å². The fourth-order valence-electron chi connectivity index (χ4n) is 2.27. The van der Waals surface area contributed by atoms with Crippen molar-refractivity contribution in [2.24, 2.45) is 4.99 Å². The number of isothiocyanates is 1. The highest BCUT2D eigenvalue weighted by atomic mass is 32.1. The molecule has 4 heteroatoms. The SMILES string of the molecule is Cc1cccc(C(CN2CCCC2=O)N=C=S)c1. The van der Waals surface area contributed by atoms with Crippen LogP contribution >= 0.6 is 12.2 Å². The monoisotopic (exact) mass is 260 g/mol. The molecule has 0 N–H and O–H groups in total. The molecule has 0 radical (unpaired) electrons. The Hall–Kier alpha value is -1.51. The van der Waals surface area contributed by atoms with Crippen molar-refractivity contribution in [1.82, 2.24) is 4.90 Å². The van der Waals surface area contributed by atoms with Crippen molar-refractivity contribution < 1.29 is 4.79 Å². The molecule has 94 valence electrons. The smallest absolute Gasteiger partial charge is 0.222 e. The summed E-state index contributed by atoms with van der Waals surface area (Å²) in [7, 11) is 0. The summed E-state index contributed by atoms with van der Waals surface area (Å²) in [5.41, 5.74) is 2.27. The van der Waals surface area contributed by atoms with Crippen LogP contribution in [0.15, 0.2) is 29.3 Å². The second-order valence-corrected chi connectivity index (χ2v) is 4.78. The molecule has 0 bridgehead atoms. The van der Waals surface area contributed by atoms with Crippen LogP contribution in [0, 0.1) is 6.92 Å². The Labute approximate surface area is 113 Å². The molecule has 0 aromatic heterocycles. The van der Waals surface area contributed by atoms with Gasteiger partial charge in [0, 0.05) is 19.5 Å². The molecule has 1 heterocycles. The minimum atomic E-state index is -0.0931. The summed E-state index contributed by atoms with van der Waals surface area (Å²) in [6.07, 6.45) is 1.60. The van der Waals surface area contributed by atoms with E-state index in [1.165, 1.54) is 5.56 Å². The maximum Gasteiger partial charge on any atom is 0.222 e. The van der Waals surface area contributed by atoms with E-state index in [0.29, 0.717) is 13.0 Å². The number of nitrogens with zero attached hydrogens (tertiary/aromatic N) is 2. The summed E-state index contributed by atoms with van der Waals surface area (Å²) in [6, 6.07) is 8.06. The van der Waals surface area contributed by atoms with Crippen LogP contribution in [0.25, 0.3) is 0 Å². The Bertz CT molecular complexity index is 494. The minimum Gasteiger partial charge on any atom is -0.340 e.